The molecule has 1 unspecified atom stereocenters. The molecule has 2 rings (SSSR count). The van der Waals surface area contributed by atoms with Crippen molar-refractivity contribution in [2.24, 2.45) is 7.05 Å². The first-order valence-electron chi connectivity index (χ1n) is 4.64. The van der Waals surface area contributed by atoms with E-state index in [2.05, 4.69) is 5.32 Å². The Morgan fingerprint density at radius 3 is 2.93 bits per heavy atom. The Kier molecular flexibility index (Phi) is 2.36. The SMILES string of the molecule is Cn1ccc(C2CNCCS2(=O)=O)c1. The number of nitrogens with zero attached hydrogens (tertiary/aromatic N) is 1. The van der Waals surface area contributed by atoms with Gasteiger partial charge in [0.2, 0.25) is 0 Å². The van der Waals surface area contributed by atoms with E-state index >= 15 is 0 Å². The highest BCUT2D eigenvalue weighted by Gasteiger charge is 2.30. The molecule has 1 fully saturated rings. The van der Waals surface area contributed by atoms with Gasteiger partial charge in [0.05, 0.1) is 5.75 Å². The fourth-order valence-corrected chi connectivity index (χ4v) is 3.40. The molecule has 14 heavy (non-hydrogen) atoms. The summed E-state index contributed by atoms with van der Waals surface area (Å²) < 4.78 is 25.4. The van der Waals surface area contributed by atoms with Crippen molar-refractivity contribution in [1.29, 1.82) is 0 Å². The van der Waals surface area contributed by atoms with Gasteiger partial charge in [0.15, 0.2) is 9.84 Å². The number of rotatable bonds is 1. The van der Waals surface area contributed by atoms with Crippen LogP contribution in [0.25, 0.3) is 0 Å². The number of aromatic nitrogens is 1. The average molecular weight is 214 g/mol. The van der Waals surface area contributed by atoms with Crippen LogP contribution in [-0.4, -0.2) is 31.8 Å². The van der Waals surface area contributed by atoms with Gasteiger partial charge in [-0.3, -0.25) is 0 Å². The second-order valence-corrected chi connectivity index (χ2v) is 5.97. The first-order valence-corrected chi connectivity index (χ1v) is 6.35. The smallest absolute Gasteiger partial charge is 0.159 e. The predicted molar refractivity (Wildman–Crippen MR) is 54.8 cm³/mol. The van der Waals surface area contributed by atoms with Gasteiger partial charge in [0.25, 0.3) is 0 Å². The zero-order valence-electron chi connectivity index (χ0n) is 8.10. The van der Waals surface area contributed by atoms with Gasteiger partial charge in [-0.1, -0.05) is 0 Å². The van der Waals surface area contributed by atoms with Crippen LogP contribution >= 0.6 is 0 Å². The third kappa shape index (κ3) is 1.69. The molecule has 1 saturated heterocycles. The predicted octanol–water partition coefficient (Wildman–Crippen LogP) is 0.0842. The number of aryl methyl sites for hydroxylation is 1. The Labute approximate surface area is 83.8 Å². The second kappa shape index (κ2) is 3.40. The van der Waals surface area contributed by atoms with E-state index in [1.807, 2.05) is 30.1 Å². The van der Waals surface area contributed by atoms with Crippen LogP contribution in [0.3, 0.4) is 0 Å². The van der Waals surface area contributed by atoms with E-state index in [4.69, 9.17) is 0 Å². The van der Waals surface area contributed by atoms with Crippen molar-refractivity contribution in [3.05, 3.63) is 24.0 Å². The van der Waals surface area contributed by atoms with Crippen molar-refractivity contribution in [3.63, 3.8) is 0 Å². The molecule has 0 aliphatic carbocycles. The Balaban J connectivity index is 2.33. The van der Waals surface area contributed by atoms with E-state index in [-0.39, 0.29) is 11.0 Å². The van der Waals surface area contributed by atoms with Crippen molar-refractivity contribution < 1.29 is 8.42 Å². The molecule has 1 aliphatic rings. The molecule has 5 heteroatoms. The van der Waals surface area contributed by atoms with Gasteiger partial charge >= 0.3 is 0 Å². The van der Waals surface area contributed by atoms with Crippen LogP contribution in [0.15, 0.2) is 18.5 Å². The minimum Gasteiger partial charge on any atom is -0.357 e. The number of nitrogens with one attached hydrogen (secondary N) is 1. The summed E-state index contributed by atoms with van der Waals surface area (Å²) in [7, 11) is -1.04. The standard InChI is InChI=1S/C9H14N2O2S/c1-11-4-2-8(7-11)9-6-10-3-5-14(9,12)13/h2,4,7,9-10H,3,5-6H2,1H3. The van der Waals surface area contributed by atoms with Gasteiger partial charge in [0, 0.05) is 32.5 Å². The van der Waals surface area contributed by atoms with E-state index in [1.165, 1.54) is 0 Å². The van der Waals surface area contributed by atoms with Crippen LogP contribution in [0.5, 0.6) is 0 Å². The fourth-order valence-electron chi connectivity index (χ4n) is 1.76. The summed E-state index contributed by atoms with van der Waals surface area (Å²) in [4.78, 5) is 0. The van der Waals surface area contributed by atoms with Gasteiger partial charge in [-0.05, 0) is 11.6 Å². The molecule has 1 aromatic rings. The first-order chi connectivity index (χ1) is 6.59. The van der Waals surface area contributed by atoms with Gasteiger partial charge in [-0.15, -0.1) is 0 Å². The molecule has 0 aromatic carbocycles. The van der Waals surface area contributed by atoms with Crippen molar-refractivity contribution in [2.75, 3.05) is 18.8 Å². The van der Waals surface area contributed by atoms with E-state index in [0.717, 1.165) is 5.56 Å². The number of sulfone groups is 1. The van der Waals surface area contributed by atoms with E-state index in [1.54, 1.807) is 0 Å². The topological polar surface area (TPSA) is 51.1 Å². The number of hydrogen-bond donors (Lipinski definition) is 1. The number of hydrogen-bond acceptors (Lipinski definition) is 3. The van der Waals surface area contributed by atoms with Gasteiger partial charge in [-0.25, -0.2) is 8.42 Å². The van der Waals surface area contributed by atoms with Crippen molar-refractivity contribution in [1.82, 2.24) is 9.88 Å². The zero-order chi connectivity index (χ0) is 10.2. The molecule has 0 amide bonds. The molecular weight excluding hydrogens is 200 g/mol. The lowest BCUT2D eigenvalue weighted by Gasteiger charge is -2.22. The highest BCUT2D eigenvalue weighted by Crippen LogP contribution is 2.24. The maximum atomic E-state index is 11.7. The van der Waals surface area contributed by atoms with Crippen molar-refractivity contribution in [3.8, 4) is 0 Å². The molecule has 1 aromatic heterocycles. The van der Waals surface area contributed by atoms with Crippen molar-refractivity contribution in [2.45, 2.75) is 5.25 Å². The summed E-state index contributed by atoms with van der Waals surface area (Å²) in [6.07, 6.45) is 3.74. The van der Waals surface area contributed by atoms with Crippen LogP contribution in [0.2, 0.25) is 0 Å². The normalized spacial score (nSPS) is 26.2. The van der Waals surface area contributed by atoms with Crippen LogP contribution in [0.1, 0.15) is 10.8 Å². The maximum absolute atomic E-state index is 11.7. The van der Waals surface area contributed by atoms with Crippen LogP contribution in [-0.2, 0) is 16.9 Å². The Bertz CT molecular complexity index is 422. The summed E-state index contributed by atoms with van der Waals surface area (Å²) in [6.45, 7) is 1.11. The quantitative estimate of drug-likeness (QED) is 0.720. The molecule has 0 saturated carbocycles. The third-order valence-corrected chi connectivity index (χ3v) is 4.63. The zero-order valence-corrected chi connectivity index (χ0v) is 8.92. The Morgan fingerprint density at radius 2 is 2.36 bits per heavy atom. The van der Waals surface area contributed by atoms with Gasteiger partial charge in [-0.2, -0.15) is 0 Å². The van der Waals surface area contributed by atoms with Gasteiger partial charge in [0.1, 0.15) is 5.25 Å². The molecule has 2 heterocycles. The molecular formula is C9H14N2O2S. The molecule has 0 spiro atoms. The molecule has 0 radical (unpaired) electrons. The minimum atomic E-state index is -2.94. The van der Waals surface area contributed by atoms with Crippen LogP contribution < -0.4 is 5.32 Å². The highest BCUT2D eigenvalue weighted by atomic mass is 32.2. The van der Waals surface area contributed by atoms with Crippen molar-refractivity contribution >= 4 is 9.84 Å². The monoisotopic (exact) mass is 214 g/mol. The summed E-state index contributed by atoms with van der Waals surface area (Å²) >= 11 is 0. The van der Waals surface area contributed by atoms with E-state index in [9.17, 15) is 8.42 Å². The first kappa shape index (κ1) is 9.73. The maximum Gasteiger partial charge on any atom is 0.159 e. The summed E-state index contributed by atoms with van der Waals surface area (Å²) in [5, 5.41) is 2.75. The lowest BCUT2D eigenvalue weighted by molar-refractivity contribution is 0.551. The average Bonchev–Trinajstić information content (AvgIpc) is 2.51. The van der Waals surface area contributed by atoms with Crippen LogP contribution in [0, 0.1) is 0 Å². The fraction of sp³-hybridized carbons (Fsp3) is 0.556. The largest absolute Gasteiger partial charge is 0.357 e. The van der Waals surface area contributed by atoms with Crippen LogP contribution in [0.4, 0.5) is 0 Å². The third-order valence-electron chi connectivity index (χ3n) is 2.55. The molecule has 1 aliphatic heterocycles. The Hall–Kier alpha value is -0.810. The molecule has 1 N–H and O–H groups in total. The summed E-state index contributed by atoms with van der Waals surface area (Å²) in [5.41, 5.74) is 0.889. The minimum absolute atomic E-state index is 0.243. The summed E-state index contributed by atoms with van der Waals surface area (Å²) in [6, 6.07) is 1.87. The second-order valence-electron chi connectivity index (χ2n) is 3.67. The highest BCUT2D eigenvalue weighted by molar-refractivity contribution is 7.91. The molecule has 0 bridgehead atoms. The molecule has 78 valence electrons. The lowest BCUT2D eigenvalue weighted by Crippen LogP contribution is -2.38. The molecule has 1 atom stereocenters. The Morgan fingerprint density at radius 1 is 1.57 bits per heavy atom. The van der Waals surface area contributed by atoms with E-state index < -0.39 is 9.84 Å². The van der Waals surface area contributed by atoms with Gasteiger partial charge < -0.3 is 9.88 Å². The van der Waals surface area contributed by atoms with E-state index in [0.29, 0.717) is 13.1 Å². The summed E-state index contributed by atoms with van der Waals surface area (Å²) in [5.74, 6) is 0.243. The molecule has 4 nitrogen and oxygen atoms in total. The lowest BCUT2D eigenvalue weighted by atomic mass is 10.2.